The first-order valence-corrected chi connectivity index (χ1v) is 9.70. The predicted molar refractivity (Wildman–Crippen MR) is 105 cm³/mol. The Morgan fingerprint density at radius 2 is 1.57 bits per heavy atom. The molecule has 142 valence electrons. The van der Waals surface area contributed by atoms with Gasteiger partial charge in [-0.25, -0.2) is 8.42 Å². The highest BCUT2D eigenvalue weighted by Crippen LogP contribution is 2.27. The quantitative estimate of drug-likeness (QED) is 0.481. The lowest BCUT2D eigenvalue weighted by Crippen LogP contribution is -2.37. The third-order valence-electron chi connectivity index (χ3n) is 4.04. The van der Waals surface area contributed by atoms with E-state index in [0.717, 1.165) is 11.6 Å². The van der Waals surface area contributed by atoms with E-state index in [-0.39, 0.29) is 21.8 Å². The van der Waals surface area contributed by atoms with E-state index in [1.165, 1.54) is 42.5 Å². The number of carbonyl (C=O) groups excluding carboxylic acids is 1. The van der Waals surface area contributed by atoms with E-state index in [2.05, 4.69) is 0 Å². The van der Waals surface area contributed by atoms with Crippen LogP contribution in [0.15, 0.2) is 83.8 Å². The second kappa shape index (κ2) is 7.61. The van der Waals surface area contributed by atoms with Crippen molar-refractivity contribution in [2.75, 3.05) is 4.31 Å². The standard InChI is InChI=1S/C20H16N2O5S/c1-15-10-12-17(13-11-15)21(28(26,27)19-8-3-2-4-9-19)20(23)16-6-5-7-18(14-16)22(24)25/h2-14H,1H3. The summed E-state index contributed by atoms with van der Waals surface area (Å²) < 4.78 is 27.1. The Morgan fingerprint density at radius 1 is 0.929 bits per heavy atom. The fourth-order valence-electron chi connectivity index (χ4n) is 2.61. The minimum atomic E-state index is -4.23. The Hall–Kier alpha value is -3.52. The average Bonchev–Trinajstić information content (AvgIpc) is 2.70. The second-order valence-corrected chi connectivity index (χ2v) is 7.82. The first-order chi connectivity index (χ1) is 13.3. The molecule has 0 radical (unpaired) electrons. The van der Waals surface area contributed by atoms with Crippen LogP contribution in [0, 0.1) is 17.0 Å². The number of hydrogen-bond acceptors (Lipinski definition) is 5. The van der Waals surface area contributed by atoms with Gasteiger partial charge >= 0.3 is 0 Å². The van der Waals surface area contributed by atoms with Crippen molar-refractivity contribution >= 4 is 27.3 Å². The normalized spacial score (nSPS) is 11.0. The van der Waals surface area contributed by atoms with E-state index in [9.17, 15) is 23.3 Å². The topological polar surface area (TPSA) is 97.6 Å². The fourth-order valence-corrected chi connectivity index (χ4v) is 4.05. The number of aryl methyl sites for hydroxylation is 1. The van der Waals surface area contributed by atoms with Crippen LogP contribution in [0.25, 0.3) is 0 Å². The molecule has 3 aromatic rings. The number of nitro groups is 1. The lowest BCUT2D eigenvalue weighted by Gasteiger charge is -2.23. The molecule has 0 fully saturated rings. The van der Waals surface area contributed by atoms with E-state index < -0.39 is 20.9 Å². The number of anilines is 1. The van der Waals surface area contributed by atoms with Crippen LogP contribution in [-0.2, 0) is 10.0 Å². The van der Waals surface area contributed by atoms with Crippen LogP contribution in [0.4, 0.5) is 11.4 Å². The number of rotatable bonds is 5. The Bertz CT molecular complexity index is 1130. The maximum atomic E-state index is 13.2. The minimum absolute atomic E-state index is 0.0608. The molecule has 28 heavy (non-hydrogen) atoms. The van der Waals surface area contributed by atoms with Gasteiger partial charge in [0.15, 0.2) is 0 Å². The van der Waals surface area contributed by atoms with Gasteiger partial charge in [0.1, 0.15) is 0 Å². The molecule has 0 aromatic heterocycles. The lowest BCUT2D eigenvalue weighted by molar-refractivity contribution is -0.384. The summed E-state index contributed by atoms with van der Waals surface area (Å²) in [6, 6.07) is 18.9. The van der Waals surface area contributed by atoms with Crippen LogP contribution in [0.1, 0.15) is 15.9 Å². The SMILES string of the molecule is Cc1ccc(N(C(=O)c2cccc([N+](=O)[O-])c2)S(=O)(=O)c2ccccc2)cc1. The number of nitro benzene ring substituents is 1. The van der Waals surface area contributed by atoms with Crippen molar-refractivity contribution in [3.8, 4) is 0 Å². The van der Waals surface area contributed by atoms with E-state index in [1.807, 2.05) is 6.92 Å². The Morgan fingerprint density at radius 3 is 2.18 bits per heavy atom. The number of non-ortho nitro benzene ring substituents is 1. The number of sulfonamides is 1. The molecule has 0 saturated carbocycles. The Kier molecular flexibility index (Phi) is 5.23. The number of amides is 1. The Labute approximate surface area is 162 Å². The third-order valence-corrected chi connectivity index (χ3v) is 5.76. The summed E-state index contributed by atoms with van der Waals surface area (Å²) >= 11 is 0. The Balaban J connectivity index is 2.17. The largest absolute Gasteiger partial charge is 0.272 e. The zero-order valence-corrected chi connectivity index (χ0v) is 15.7. The summed E-state index contributed by atoms with van der Waals surface area (Å²) in [5.74, 6) is -0.878. The summed E-state index contributed by atoms with van der Waals surface area (Å²) in [5, 5.41) is 11.0. The maximum Gasteiger partial charge on any atom is 0.272 e. The van der Waals surface area contributed by atoms with Gasteiger partial charge in [-0.2, -0.15) is 4.31 Å². The van der Waals surface area contributed by atoms with Crippen molar-refractivity contribution in [3.63, 3.8) is 0 Å². The van der Waals surface area contributed by atoms with Gasteiger partial charge in [0, 0.05) is 17.7 Å². The predicted octanol–water partition coefficient (Wildman–Crippen LogP) is 3.94. The average molecular weight is 396 g/mol. The molecule has 0 aliphatic rings. The highest BCUT2D eigenvalue weighted by atomic mass is 32.2. The van der Waals surface area contributed by atoms with Crippen LogP contribution in [0.3, 0.4) is 0 Å². The van der Waals surface area contributed by atoms with Crippen LogP contribution < -0.4 is 4.31 Å². The highest BCUT2D eigenvalue weighted by molar-refractivity contribution is 7.93. The van der Waals surface area contributed by atoms with Gasteiger partial charge in [-0.1, -0.05) is 42.0 Å². The molecule has 0 aliphatic carbocycles. The summed E-state index contributed by atoms with van der Waals surface area (Å²) in [5.41, 5.74) is 0.635. The molecule has 0 spiro atoms. The fraction of sp³-hybridized carbons (Fsp3) is 0.0500. The maximum absolute atomic E-state index is 13.2. The number of carbonyl (C=O) groups is 1. The molecule has 7 nitrogen and oxygen atoms in total. The third kappa shape index (κ3) is 3.77. The smallest absolute Gasteiger partial charge is 0.268 e. The van der Waals surface area contributed by atoms with Crippen molar-refractivity contribution in [2.45, 2.75) is 11.8 Å². The minimum Gasteiger partial charge on any atom is -0.268 e. The molecule has 0 bridgehead atoms. The van der Waals surface area contributed by atoms with Crippen LogP contribution in [-0.4, -0.2) is 19.2 Å². The van der Waals surface area contributed by atoms with Gasteiger partial charge in [-0.05, 0) is 37.3 Å². The van der Waals surface area contributed by atoms with Gasteiger partial charge in [0.2, 0.25) is 0 Å². The van der Waals surface area contributed by atoms with Crippen molar-refractivity contribution < 1.29 is 18.1 Å². The van der Waals surface area contributed by atoms with E-state index in [4.69, 9.17) is 0 Å². The molecule has 0 N–H and O–H groups in total. The molecular formula is C20H16N2O5S. The van der Waals surface area contributed by atoms with E-state index in [1.54, 1.807) is 30.3 Å². The van der Waals surface area contributed by atoms with Crippen molar-refractivity contribution in [1.29, 1.82) is 0 Å². The van der Waals surface area contributed by atoms with Gasteiger partial charge in [-0.15, -0.1) is 0 Å². The van der Waals surface area contributed by atoms with Crippen molar-refractivity contribution in [2.24, 2.45) is 0 Å². The van der Waals surface area contributed by atoms with Crippen LogP contribution >= 0.6 is 0 Å². The highest BCUT2D eigenvalue weighted by Gasteiger charge is 2.32. The van der Waals surface area contributed by atoms with Gasteiger partial charge in [0.05, 0.1) is 15.5 Å². The van der Waals surface area contributed by atoms with Crippen LogP contribution in [0.5, 0.6) is 0 Å². The molecular weight excluding hydrogens is 380 g/mol. The zero-order valence-electron chi connectivity index (χ0n) is 14.8. The number of hydrogen-bond donors (Lipinski definition) is 0. The molecule has 0 aliphatic heterocycles. The van der Waals surface area contributed by atoms with E-state index >= 15 is 0 Å². The molecule has 0 saturated heterocycles. The molecule has 0 unspecified atom stereocenters. The molecule has 8 heteroatoms. The van der Waals surface area contributed by atoms with Gasteiger partial charge in [0.25, 0.3) is 21.6 Å². The van der Waals surface area contributed by atoms with Crippen molar-refractivity contribution in [1.82, 2.24) is 0 Å². The molecule has 0 atom stereocenters. The molecule has 1 amide bonds. The lowest BCUT2D eigenvalue weighted by atomic mass is 10.1. The zero-order chi connectivity index (χ0) is 20.3. The summed E-state index contributed by atoms with van der Waals surface area (Å²) in [7, 11) is -4.23. The molecule has 3 rings (SSSR count). The van der Waals surface area contributed by atoms with Crippen LogP contribution in [0.2, 0.25) is 0 Å². The van der Waals surface area contributed by atoms with Gasteiger partial charge < -0.3 is 0 Å². The molecule has 0 heterocycles. The number of benzene rings is 3. The summed E-state index contributed by atoms with van der Waals surface area (Å²) in [6.07, 6.45) is 0. The van der Waals surface area contributed by atoms with Crippen molar-refractivity contribution in [3.05, 3.63) is 100 Å². The van der Waals surface area contributed by atoms with Gasteiger partial charge in [-0.3, -0.25) is 14.9 Å². The number of nitrogens with zero attached hydrogens (tertiary/aromatic N) is 2. The monoisotopic (exact) mass is 396 g/mol. The van der Waals surface area contributed by atoms with E-state index in [0.29, 0.717) is 4.31 Å². The summed E-state index contributed by atoms with van der Waals surface area (Å²) in [6.45, 7) is 1.84. The molecule has 3 aromatic carbocycles. The second-order valence-electron chi connectivity index (χ2n) is 6.03. The summed E-state index contributed by atoms with van der Waals surface area (Å²) in [4.78, 5) is 23.5. The first kappa shape index (κ1) is 19.2. The first-order valence-electron chi connectivity index (χ1n) is 8.26.